The van der Waals surface area contributed by atoms with E-state index in [1.807, 2.05) is 19.2 Å². The van der Waals surface area contributed by atoms with Gasteiger partial charge in [-0.05, 0) is 35.1 Å². The molecule has 1 aliphatic heterocycles. The molecule has 144 valence electrons. The molecule has 0 bridgehead atoms. The Labute approximate surface area is 163 Å². The highest BCUT2D eigenvalue weighted by Crippen LogP contribution is 2.39. The molecule has 0 unspecified atom stereocenters. The van der Waals surface area contributed by atoms with Crippen LogP contribution in [0.1, 0.15) is 50.7 Å². The fourth-order valence-electron chi connectivity index (χ4n) is 3.90. The molecule has 1 aliphatic rings. The highest BCUT2D eigenvalue weighted by molar-refractivity contribution is 6.11. The summed E-state index contributed by atoms with van der Waals surface area (Å²) in [5.74, 6) is 2.77. The molecule has 4 heteroatoms. The van der Waals surface area contributed by atoms with Gasteiger partial charge in [0.05, 0.1) is 18.5 Å². The molecule has 2 aromatic carbocycles. The number of ether oxygens (including phenoxy) is 1. The third kappa shape index (κ3) is 3.53. The van der Waals surface area contributed by atoms with Crippen LogP contribution in [-0.2, 0) is 0 Å². The first-order valence-corrected chi connectivity index (χ1v) is 9.77. The molecule has 0 spiro atoms. The van der Waals surface area contributed by atoms with Gasteiger partial charge in [-0.2, -0.15) is 0 Å². The third-order valence-electron chi connectivity index (χ3n) is 5.22. The lowest BCUT2D eigenvalue weighted by molar-refractivity contribution is 0.415. The Morgan fingerprint density at radius 1 is 0.852 bits per heavy atom. The highest BCUT2D eigenvalue weighted by Gasteiger charge is 2.33. The average Bonchev–Trinajstić information content (AvgIpc) is 3.10. The summed E-state index contributed by atoms with van der Waals surface area (Å²) in [7, 11) is 3.60. The van der Waals surface area contributed by atoms with Gasteiger partial charge in [-0.25, -0.2) is 0 Å². The lowest BCUT2D eigenvalue weighted by Crippen LogP contribution is -2.35. The smallest absolute Gasteiger partial charge is 0.205 e. The minimum Gasteiger partial charge on any atom is -0.495 e. The zero-order valence-electron chi connectivity index (χ0n) is 17.4. The zero-order chi connectivity index (χ0) is 19.6. The molecule has 0 atom stereocenters. The molecule has 3 rings (SSSR count). The molecule has 0 saturated carbocycles. The molecule has 27 heavy (non-hydrogen) atoms. The maximum Gasteiger partial charge on any atom is 0.205 e. The first kappa shape index (κ1) is 19.3. The number of hydrogen-bond donors (Lipinski definition) is 0. The van der Waals surface area contributed by atoms with Gasteiger partial charge in [-0.3, -0.25) is 4.99 Å². The number of hydrogen-bond acceptors (Lipinski definition) is 2. The van der Waals surface area contributed by atoms with Crippen LogP contribution in [0.5, 0.6) is 5.75 Å². The SMILES string of the molecule is CN=C1N(c2ccccc2OC)CCN1c1c(C(C)C)cccc1C(C)C. The monoisotopic (exact) mass is 365 g/mol. The molecular formula is C23H31N3O. The number of nitrogens with zero attached hydrogens (tertiary/aromatic N) is 3. The Morgan fingerprint density at radius 2 is 1.44 bits per heavy atom. The maximum absolute atomic E-state index is 5.60. The highest BCUT2D eigenvalue weighted by atomic mass is 16.5. The minimum absolute atomic E-state index is 0.456. The van der Waals surface area contributed by atoms with Crippen molar-refractivity contribution < 1.29 is 4.74 Å². The van der Waals surface area contributed by atoms with Gasteiger partial charge in [-0.1, -0.05) is 58.0 Å². The van der Waals surface area contributed by atoms with Crippen LogP contribution in [0.4, 0.5) is 11.4 Å². The van der Waals surface area contributed by atoms with Crippen molar-refractivity contribution >= 4 is 17.3 Å². The standard InChI is InChI=1S/C23H31N3O/c1-16(2)18-10-9-11-19(17(3)4)22(18)26-15-14-25(23(26)24-5)20-12-7-8-13-21(20)27-6/h7-13,16-17H,14-15H2,1-6H3. The first-order valence-electron chi connectivity index (χ1n) is 9.77. The second kappa shape index (κ2) is 8.03. The number of anilines is 2. The summed E-state index contributed by atoms with van der Waals surface area (Å²) in [5.41, 5.74) is 5.14. The Kier molecular flexibility index (Phi) is 5.73. The summed E-state index contributed by atoms with van der Waals surface area (Å²) < 4.78 is 5.60. The topological polar surface area (TPSA) is 28.1 Å². The van der Waals surface area contributed by atoms with Gasteiger partial charge in [-0.15, -0.1) is 0 Å². The fourth-order valence-corrected chi connectivity index (χ4v) is 3.90. The Hall–Kier alpha value is -2.49. The van der Waals surface area contributed by atoms with Crippen LogP contribution in [-0.4, -0.2) is 33.2 Å². The summed E-state index contributed by atoms with van der Waals surface area (Å²) >= 11 is 0. The van der Waals surface area contributed by atoms with Crippen molar-refractivity contribution in [3.8, 4) is 5.75 Å². The molecule has 0 aliphatic carbocycles. The molecule has 1 heterocycles. The number of benzene rings is 2. The van der Waals surface area contributed by atoms with E-state index in [1.54, 1.807) is 7.11 Å². The molecule has 4 nitrogen and oxygen atoms in total. The lowest BCUT2D eigenvalue weighted by atomic mass is 9.92. The van der Waals surface area contributed by atoms with Crippen molar-refractivity contribution in [2.24, 2.45) is 4.99 Å². The van der Waals surface area contributed by atoms with E-state index in [0.717, 1.165) is 30.5 Å². The average molecular weight is 366 g/mol. The Morgan fingerprint density at radius 3 is 2.00 bits per heavy atom. The predicted octanol–water partition coefficient (Wildman–Crippen LogP) is 5.25. The molecule has 0 radical (unpaired) electrons. The number of guanidine groups is 1. The number of para-hydroxylation sites is 3. The van der Waals surface area contributed by atoms with E-state index in [4.69, 9.17) is 9.73 Å². The first-order chi connectivity index (χ1) is 13.0. The van der Waals surface area contributed by atoms with Crippen LogP contribution in [0.15, 0.2) is 47.5 Å². The van der Waals surface area contributed by atoms with E-state index in [-0.39, 0.29) is 0 Å². The second-order valence-corrected chi connectivity index (χ2v) is 7.59. The molecule has 0 aromatic heterocycles. The van der Waals surface area contributed by atoms with Crippen molar-refractivity contribution in [1.82, 2.24) is 0 Å². The van der Waals surface area contributed by atoms with Crippen molar-refractivity contribution in [3.63, 3.8) is 0 Å². The summed E-state index contributed by atoms with van der Waals surface area (Å²) in [6, 6.07) is 14.9. The Balaban J connectivity index is 2.10. The van der Waals surface area contributed by atoms with Crippen molar-refractivity contribution in [2.45, 2.75) is 39.5 Å². The van der Waals surface area contributed by atoms with E-state index in [0.29, 0.717) is 11.8 Å². The van der Waals surface area contributed by atoms with Crippen LogP contribution in [0.3, 0.4) is 0 Å². The third-order valence-corrected chi connectivity index (χ3v) is 5.22. The molecular weight excluding hydrogens is 334 g/mol. The molecule has 1 fully saturated rings. The van der Waals surface area contributed by atoms with Gasteiger partial charge < -0.3 is 14.5 Å². The summed E-state index contributed by atoms with van der Waals surface area (Å²) in [4.78, 5) is 9.34. The number of rotatable bonds is 5. The van der Waals surface area contributed by atoms with Gasteiger partial charge in [0.2, 0.25) is 5.96 Å². The normalized spacial score (nSPS) is 16.1. The van der Waals surface area contributed by atoms with Gasteiger partial charge in [0.25, 0.3) is 0 Å². The van der Waals surface area contributed by atoms with Crippen LogP contribution in [0.25, 0.3) is 0 Å². The van der Waals surface area contributed by atoms with Gasteiger partial charge in [0, 0.05) is 20.1 Å². The number of aliphatic imine (C=N–C) groups is 1. The fraction of sp³-hybridized carbons (Fsp3) is 0.435. The van der Waals surface area contributed by atoms with Crippen LogP contribution < -0.4 is 14.5 Å². The second-order valence-electron chi connectivity index (χ2n) is 7.59. The predicted molar refractivity (Wildman–Crippen MR) is 116 cm³/mol. The lowest BCUT2D eigenvalue weighted by Gasteiger charge is -2.29. The molecule has 0 N–H and O–H groups in total. The van der Waals surface area contributed by atoms with Gasteiger partial charge in [0.15, 0.2) is 0 Å². The van der Waals surface area contributed by atoms with E-state index >= 15 is 0 Å². The van der Waals surface area contributed by atoms with Gasteiger partial charge >= 0.3 is 0 Å². The summed E-state index contributed by atoms with van der Waals surface area (Å²) in [6.45, 7) is 10.9. The molecule has 2 aromatic rings. The van der Waals surface area contributed by atoms with E-state index in [9.17, 15) is 0 Å². The van der Waals surface area contributed by atoms with Crippen molar-refractivity contribution in [1.29, 1.82) is 0 Å². The van der Waals surface area contributed by atoms with Gasteiger partial charge in [0.1, 0.15) is 5.75 Å². The van der Waals surface area contributed by atoms with E-state index in [2.05, 4.69) is 67.8 Å². The molecule has 0 amide bonds. The van der Waals surface area contributed by atoms with E-state index < -0.39 is 0 Å². The largest absolute Gasteiger partial charge is 0.495 e. The van der Waals surface area contributed by atoms with Crippen molar-refractivity contribution in [2.75, 3.05) is 37.0 Å². The summed E-state index contributed by atoms with van der Waals surface area (Å²) in [5, 5.41) is 0. The van der Waals surface area contributed by atoms with Crippen LogP contribution in [0, 0.1) is 0 Å². The minimum atomic E-state index is 0.456. The van der Waals surface area contributed by atoms with Crippen LogP contribution >= 0.6 is 0 Å². The van der Waals surface area contributed by atoms with Crippen molar-refractivity contribution in [3.05, 3.63) is 53.6 Å². The van der Waals surface area contributed by atoms with E-state index in [1.165, 1.54) is 16.8 Å². The molecule has 1 saturated heterocycles. The number of methoxy groups -OCH3 is 1. The zero-order valence-corrected chi connectivity index (χ0v) is 17.4. The Bertz CT molecular complexity index is 800. The maximum atomic E-state index is 5.60. The quantitative estimate of drug-likeness (QED) is 0.724. The summed E-state index contributed by atoms with van der Waals surface area (Å²) in [6.07, 6.45) is 0. The van der Waals surface area contributed by atoms with Crippen LogP contribution in [0.2, 0.25) is 0 Å².